The minimum absolute atomic E-state index is 0.147. The second-order valence-corrected chi connectivity index (χ2v) is 8.95. The number of fused-ring (bicyclic) bond motifs is 2. The molecule has 0 bridgehead atoms. The van der Waals surface area contributed by atoms with Crippen molar-refractivity contribution < 1.29 is 4.79 Å². The predicted octanol–water partition coefficient (Wildman–Crippen LogP) is 5.10. The minimum atomic E-state index is -0.266. The highest BCUT2D eigenvalue weighted by Gasteiger charge is 2.16. The molecule has 34 heavy (non-hydrogen) atoms. The summed E-state index contributed by atoms with van der Waals surface area (Å²) in [6, 6.07) is 22.5. The van der Waals surface area contributed by atoms with Crippen LogP contribution in [0.25, 0.3) is 15.9 Å². The van der Waals surface area contributed by atoms with Crippen LogP contribution in [0.3, 0.4) is 0 Å². The lowest BCUT2D eigenvalue weighted by Crippen LogP contribution is -2.26. The van der Waals surface area contributed by atoms with Gasteiger partial charge in [-0.2, -0.15) is 4.52 Å². The van der Waals surface area contributed by atoms with Crippen LogP contribution in [-0.2, 0) is 6.42 Å². The molecule has 0 aliphatic heterocycles. The highest BCUT2D eigenvalue weighted by Crippen LogP contribution is 2.25. The third-order valence-corrected chi connectivity index (χ3v) is 6.57. The summed E-state index contributed by atoms with van der Waals surface area (Å²) in [5, 5.41) is 11.7. The predicted molar refractivity (Wildman–Crippen MR) is 136 cm³/mol. The summed E-state index contributed by atoms with van der Waals surface area (Å²) in [5.74, 6) is -0.219. The van der Waals surface area contributed by atoms with E-state index >= 15 is 0 Å². The zero-order valence-corrected chi connectivity index (χ0v) is 19.6. The fourth-order valence-corrected chi connectivity index (χ4v) is 4.68. The zero-order chi connectivity index (χ0) is 23.7. The van der Waals surface area contributed by atoms with Gasteiger partial charge in [0.15, 0.2) is 0 Å². The Bertz CT molecular complexity index is 1560. The second-order valence-electron chi connectivity index (χ2n) is 7.99. The summed E-state index contributed by atoms with van der Waals surface area (Å²) < 4.78 is 1.31. The lowest BCUT2D eigenvalue weighted by Gasteiger charge is -2.14. The van der Waals surface area contributed by atoms with Crippen molar-refractivity contribution in [3.63, 3.8) is 0 Å². The molecule has 7 nitrogen and oxygen atoms in total. The maximum absolute atomic E-state index is 13.1. The van der Waals surface area contributed by atoms with Gasteiger partial charge in [0.25, 0.3) is 11.5 Å². The van der Waals surface area contributed by atoms with Gasteiger partial charge in [-0.3, -0.25) is 9.59 Å². The molecule has 0 unspecified atom stereocenters. The molecule has 2 N–H and O–H groups in total. The van der Waals surface area contributed by atoms with Crippen molar-refractivity contribution in [3.05, 3.63) is 99.8 Å². The van der Waals surface area contributed by atoms with E-state index < -0.39 is 0 Å². The molecule has 1 amide bonds. The van der Waals surface area contributed by atoms with E-state index in [-0.39, 0.29) is 17.5 Å². The number of nitrogens with zero attached hydrogens (tertiary/aromatic N) is 3. The van der Waals surface area contributed by atoms with E-state index in [0.29, 0.717) is 26.6 Å². The Labute approximate surface area is 200 Å². The number of carbonyl (C=O) groups excluding carboxylic acids is 1. The van der Waals surface area contributed by atoms with E-state index in [4.69, 9.17) is 0 Å². The molecule has 5 rings (SSSR count). The maximum atomic E-state index is 13.1. The molecule has 170 valence electrons. The van der Waals surface area contributed by atoms with E-state index in [2.05, 4.69) is 33.7 Å². The van der Waals surface area contributed by atoms with E-state index in [1.807, 2.05) is 55.5 Å². The van der Waals surface area contributed by atoms with Gasteiger partial charge in [-0.05, 0) is 48.7 Å². The number of aromatic nitrogens is 3. The number of hydrogen-bond acceptors (Lipinski definition) is 6. The first-order chi connectivity index (χ1) is 16.5. The van der Waals surface area contributed by atoms with E-state index in [1.54, 1.807) is 18.2 Å². The number of aryl methyl sites for hydroxylation is 1. The van der Waals surface area contributed by atoms with E-state index in [9.17, 15) is 9.59 Å². The van der Waals surface area contributed by atoms with Gasteiger partial charge in [-0.1, -0.05) is 66.8 Å². The number of amides is 1. The van der Waals surface area contributed by atoms with Crippen LogP contribution in [0, 0.1) is 0 Å². The van der Waals surface area contributed by atoms with Crippen LogP contribution in [0.2, 0.25) is 0 Å². The topological polar surface area (TPSA) is 88.4 Å². The standard InChI is InChI=1S/C26H23N5O2S/c1-3-17-9-7-8-12-21(17)28-25-30-31-24(33)20-14-13-19(15-22(20)29-26(31)34-25)23(32)27-16(2)18-10-5-4-6-11-18/h4-16H,3H2,1-2H3,(H,27,32)(H,28,30)/t16-/m0/s1. The third-order valence-electron chi connectivity index (χ3n) is 5.75. The summed E-state index contributed by atoms with van der Waals surface area (Å²) >= 11 is 1.29. The number of nitrogens with one attached hydrogen (secondary N) is 2. The quantitative estimate of drug-likeness (QED) is 0.361. The van der Waals surface area contributed by atoms with E-state index in [1.165, 1.54) is 15.9 Å². The molecule has 0 aliphatic carbocycles. The Balaban J connectivity index is 1.46. The van der Waals surface area contributed by atoms with Crippen molar-refractivity contribution >= 4 is 43.9 Å². The van der Waals surface area contributed by atoms with Crippen molar-refractivity contribution in [3.8, 4) is 0 Å². The van der Waals surface area contributed by atoms with Crippen LogP contribution in [0.5, 0.6) is 0 Å². The third kappa shape index (κ3) is 4.15. The molecule has 0 radical (unpaired) electrons. The Morgan fingerprint density at radius 1 is 1.06 bits per heavy atom. The van der Waals surface area contributed by atoms with Crippen LogP contribution in [-0.4, -0.2) is 20.5 Å². The highest BCUT2D eigenvalue weighted by atomic mass is 32.1. The molecule has 8 heteroatoms. The number of rotatable bonds is 6. The molecule has 0 fully saturated rings. The number of benzene rings is 3. The van der Waals surface area contributed by atoms with Crippen molar-refractivity contribution in [2.24, 2.45) is 0 Å². The number of anilines is 2. The lowest BCUT2D eigenvalue weighted by molar-refractivity contribution is 0.0940. The summed E-state index contributed by atoms with van der Waals surface area (Å²) in [6.45, 7) is 4.02. The fraction of sp³-hybridized carbons (Fsp3) is 0.154. The average molecular weight is 470 g/mol. The zero-order valence-electron chi connectivity index (χ0n) is 18.8. The van der Waals surface area contributed by atoms with Gasteiger partial charge in [0, 0.05) is 11.3 Å². The SMILES string of the molecule is CCc1ccccc1Nc1nn2c(=O)c3ccc(C(=O)N[C@@H](C)c4ccccc4)cc3nc2s1. The number of para-hydroxylation sites is 1. The van der Waals surface area contributed by atoms with Crippen LogP contribution in [0.1, 0.15) is 41.4 Å². The molecular formula is C26H23N5O2S. The van der Waals surface area contributed by atoms with Crippen LogP contribution >= 0.6 is 11.3 Å². The Morgan fingerprint density at radius 3 is 2.62 bits per heavy atom. The first-order valence-electron chi connectivity index (χ1n) is 11.1. The number of carbonyl (C=O) groups is 1. The van der Waals surface area contributed by atoms with Gasteiger partial charge >= 0.3 is 0 Å². The van der Waals surface area contributed by atoms with Crippen molar-refractivity contribution in [2.75, 3.05) is 5.32 Å². The van der Waals surface area contributed by atoms with Gasteiger partial charge in [0.2, 0.25) is 10.1 Å². The van der Waals surface area contributed by atoms with Crippen LogP contribution < -0.4 is 16.2 Å². The summed E-state index contributed by atoms with van der Waals surface area (Å²) in [5.41, 5.74) is 3.78. The minimum Gasteiger partial charge on any atom is -0.346 e. The van der Waals surface area contributed by atoms with Crippen molar-refractivity contribution in [2.45, 2.75) is 26.3 Å². The average Bonchev–Trinajstić information content (AvgIpc) is 3.27. The van der Waals surface area contributed by atoms with Crippen LogP contribution in [0.15, 0.2) is 77.6 Å². The molecule has 3 aromatic carbocycles. The van der Waals surface area contributed by atoms with Crippen molar-refractivity contribution in [1.29, 1.82) is 0 Å². The molecule has 1 atom stereocenters. The van der Waals surface area contributed by atoms with E-state index in [0.717, 1.165) is 23.2 Å². The molecule has 0 saturated heterocycles. The van der Waals surface area contributed by atoms with Gasteiger partial charge < -0.3 is 10.6 Å². The smallest absolute Gasteiger partial charge is 0.283 e. The van der Waals surface area contributed by atoms with Gasteiger partial charge in [0.1, 0.15) is 0 Å². The Hall–Kier alpha value is -4.04. The molecule has 0 spiro atoms. The highest BCUT2D eigenvalue weighted by molar-refractivity contribution is 7.20. The number of hydrogen-bond donors (Lipinski definition) is 2. The van der Waals surface area contributed by atoms with Gasteiger partial charge in [-0.15, -0.1) is 5.10 Å². The Morgan fingerprint density at radius 2 is 1.82 bits per heavy atom. The van der Waals surface area contributed by atoms with Gasteiger partial charge in [0.05, 0.1) is 16.9 Å². The first kappa shape index (κ1) is 21.8. The summed E-state index contributed by atoms with van der Waals surface area (Å²) in [7, 11) is 0. The monoisotopic (exact) mass is 469 g/mol. The van der Waals surface area contributed by atoms with Crippen molar-refractivity contribution in [1.82, 2.24) is 19.9 Å². The summed E-state index contributed by atoms with van der Waals surface area (Å²) in [4.78, 5) is 31.0. The second kappa shape index (κ2) is 9.07. The van der Waals surface area contributed by atoms with Gasteiger partial charge in [-0.25, -0.2) is 4.98 Å². The normalized spacial score (nSPS) is 12.1. The molecule has 5 aromatic rings. The van der Waals surface area contributed by atoms with Crippen LogP contribution in [0.4, 0.5) is 10.8 Å². The summed E-state index contributed by atoms with van der Waals surface area (Å²) in [6.07, 6.45) is 0.879. The largest absolute Gasteiger partial charge is 0.346 e. The molecule has 0 saturated carbocycles. The maximum Gasteiger partial charge on any atom is 0.283 e. The molecule has 2 aromatic heterocycles. The molecular weight excluding hydrogens is 446 g/mol. The molecule has 0 aliphatic rings. The Kier molecular flexibility index (Phi) is 5.81. The molecule has 2 heterocycles. The first-order valence-corrected chi connectivity index (χ1v) is 11.9. The fourth-order valence-electron chi connectivity index (χ4n) is 3.87. The lowest BCUT2D eigenvalue weighted by atomic mass is 10.1.